The Labute approximate surface area is 164 Å². The molecule has 3 amide bonds. The summed E-state index contributed by atoms with van der Waals surface area (Å²) < 4.78 is 47.0. The fourth-order valence-corrected chi connectivity index (χ4v) is 3.57. The summed E-state index contributed by atoms with van der Waals surface area (Å²) in [5.74, 6) is -4.39. The third-order valence-corrected chi connectivity index (χ3v) is 4.92. The van der Waals surface area contributed by atoms with E-state index in [9.17, 15) is 19.5 Å². The molecule has 0 bridgehead atoms. The molecule has 4 atom stereocenters. The number of carboxylic acid groups (broad SMARTS) is 1. The minimum Gasteiger partial charge on any atom is -0.480 e. The number of carbonyl (C=O) groups excluding carboxylic acids is 2. The number of hydrogen-bond donors (Lipinski definition) is 3. The lowest BCUT2D eigenvalue weighted by atomic mass is 9.85. The highest BCUT2D eigenvalue weighted by molar-refractivity contribution is 5.92. The molecule has 2 aliphatic rings. The molecule has 3 N–H and O–H groups in total. The molecule has 2 rings (SSSR count). The lowest BCUT2D eigenvalue weighted by Gasteiger charge is -2.37. The minimum absolute atomic E-state index is 0.313. The number of urea groups is 1. The van der Waals surface area contributed by atoms with E-state index in [2.05, 4.69) is 10.6 Å². The van der Waals surface area contributed by atoms with E-state index in [1.807, 2.05) is 0 Å². The zero-order valence-electron chi connectivity index (χ0n) is 22.1. The number of nitrogens with zero attached hydrogens (tertiary/aromatic N) is 1. The number of hydrogen-bond acceptors (Lipinski definition) is 3. The fraction of sp³-hybridized carbons (Fsp3) is 0.842. The second-order valence-corrected chi connectivity index (χ2v) is 9.42. The van der Waals surface area contributed by atoms with Crippen molar-refractivity contribution in [3.8, 4) is 0 Å². The maximum atomic E-state index is 13.4. The molecule has 0 aromatic rings. The maximum Gasteiger partial charge on any atom is 0.326 e. The highest BCUT2D eigenvalue weighted by Gasteiger charge is 2.70. The lowest BCUT2D eigenvalue weighted by Crippen LogP contribution is -2.60. The third-order valence-electron chi connectivity index (χ3n) is 4.92. The first-order valence-corrected chi connectivity index (χ1v) is 8.69. The van der Waals surface area contributed by atoms with Gasteiger partial charge in [0.2, 0.25) is 5.91 Å². The van der Waals surface area contributed by atoms with Crippen LogP contribution in [0.5, 0.6) is 0 Å². The molecule has 1 saturated carbocycles. The normalized spacial score (nSPS) is 32.5. The predicted octanol–water partition coefficient (Wildman–Crippen LogP) is 2.07. The van der Waals surface area contributed by atoms with Crippen molar-refractivity contribution >= 4 is 17.9 Å². The van der Waals surface area contributed by atoms with Crippen LogP contribution in [0.1, 0.15) is 63.5 Å². The van der Waals surface area contributed by atoms with Crippen LogP contribution in [-0.2, 0) is 9.59 Å². The number of likely N-dealkylation sites (tertiary alicyclic amines) is 1. The molecule has 0 aromatic heterocycles. The van der Waals surface area contributed by atoms with Crippen molar-refractivity contribution in [2.45, 2.75) is 72.9 Å². The Morgan fingerprint density at radius 2 is 1.77 bits per heavy atom. The molecule has 0 radical (unpaired) electrons. The van der Waals surface area contributed by atoms with Crippen LogP contribution >= 0.6 is 0 Å². The van der Waals surface area contributed by atoms with Crippen molar-refractivity contribution in [1.82, 2.24) is 15.5 Å². The molecule has 0 spiro atoms. The van der Waals surface area contributed by atoms with Crippen LogP contribution in [-0.4, -0.2) is 52.1 Å². The first kappa shape index (κ1) is 13.4. The van der Waals surface area contributed by atoms with E-state index in [4.69, 9.17) is 8.22 Å². The topological polar surface area (TPSA) is 98.7 Å². The van der Waals surface area contributed by atoms with Crippen molar-refractivity contribution < 1.29 is 27.7 Å². The third kappa shape index (κ3) is 3.81. The van der Waals surface area contributed by atoms with E-state index >= 15 is 0 Å². The van der Waals surface area contributed by atoms with Gasteiger partial charge in [-0.25, -0.2) is 9.59 Å². The van der Waals surface area contributed by atoms with Crippen LogP contribution in [0.25, 0.3) is 0 Å². The Hall–Kier alpha value is -1.79. The van der Waals surface area contributed by atoms with Crippen molar-refractivity contribution in [3.05, 3.63) is 0 Å². The smallest absolute Gasteiger partial charge is 0.326 e. The van der Waals surface area contributed by atoms with Gasteiger partial charge in [0, 0.05) is 26.2 Å². The second kappa shape index (κ2) is 6.13. The summed E-state index contributed by atoms with van der Waals surface area (Å²) in [4.78, 5) is 39.0. The van der Waals surface area contributed by atoms with Crippen LogP contribution in [0.4, 0.5) is 4.79 Å². The van der Waals surface area contributed by atoms with Crippen LogP contribution in [0, 0.1) is 22.7 Å². The highest BCUT2D eigenvalue weighted by atomic mass is 16.4. The summed E-state index contributed by atoms with van der Waals surface area (Å²) in [6, 6.07) is -3.33. The fourth-order valence-electron chi connectivity index (χ4n) is 3.57. The average molecular weight is 374 g/mol. The number of fused-ring (bicyclic) bond motifs is 1. The Balaban J connectivity index is 2.38. The monoisotopic (exact) mass is 373 g/mol. The van der Waals surface area contributed by atoms with Gasteiger partial charge in [-0.15, -0.1) is 0 Å². The number of carboxylic acids is 1. The first-order valence-electron chi connectivity index (χ1n) is 11.7. The molecular formula is C19H33N3O4. The summed E-state index contributed by atoms with van der Waals surface area (Å²) in [6.07, 6.45) is 0. The molecule has 7 heteroatoms. The number of nitrogens with one attached hydrogen (secondary N) is 2. The number of rotatable bonds is 3. The molecule has 1 aliphatic carbocycles. The Morgan fingerprint density at radius 1 is 1.19 bits per heavy atom. The summed E-state index contributed by atoms with van der Waals surface area (Å²) in [5, 5.41) is 15.1. The molecular weight excluding hydrogens is 334 g/mol. The summed E-state index contributed by atoms with van der Waals surface area (Å²) in [7, 11) is 0. The van der Waals surface area contributed by atoms with Crippen LogP contribution in [0.2, 0.25) is 0 Å². The average Bonchev–Trinajstić information content (AvgIpc) is 3.03. The molecule has 1 saturated heterocycles. The van der Waals surface area contributed by atoms with Crippen LogP contribution < -0.4 is 10.6 Å². The molecule has 0 unspecified atom stereocenters. The van der Waals surface area contributed by atoms with Crippen molar-refractivity contribution in [2.24, 2.45) is 22.7 Å². The highest BCUT2D eigenvalue weighted by Crippen LogP contribution is 2.64. The van der Waals surface area contributed by atoms with E-state index in [1.54, 1.807) is 41.5 Å². The van der Waals surface area contributed by atoms with Crippen molar-refractivity contribution in [2.75, 3.05) is 6.54 Å². The Morgan fingerprint density at radius 3 is 2.19 bits per heavy atom. The maximum absolute atomic E-state index is 13.4. The first-order chi connectivity index (χ1) is 14.1. The van der Waals surface area contributed by atoms with Gasteiger partial charge in [0.05, 0.1) is 0 Å². The van der Waals surface area contributed by atoms with E-state index < -0.39 is 71.9 Å². The Bertz CT molecular complexity index is 783. The van der Waals surface area contributed by atoms with Gasteiger partial charge in [0.25, 0.3) is 0 Å². The number of carbonyl (C=O) groups is 3. The van der Waals surface area contributed by atoms with E-state index in [0.717, 1.165) is 4.90 Å². The number of amides is 3. The van der Waals surface area contributed by atoms with Gasteiger partial charge in [0.1, 0.15) is 12.1 Å². The van der Waals surface area contributed by atoms with Gasteiger partial charge < -0.3 is 20.6 Å². The van der Waals surface area contributed by atoms with Crippen LogP contribution in [0.15, 0.2) is 0 Å². The summed E-state index contributed by atoms with van der Waals surface area (Å²) >= 11 is 0. The van der Waals surface area contributed by atoms with Gasteiger partial charge in [-0.1, -0.05) is 34.5 Å². The molecule has 1 aliphatic heterocycles. The SMILES string of the molecule is [2H]C([2H])([2H])C1(C([2H])([2H])[2H])[C@@H]2[C@@H](C(=O)O)N(C(=O)[C@@H](NC(=O)NC(C)(C)C)C(C)(C)C)C[C@@H]21. The zero-order valence-corrected chi connectivity index (χ0v) is 16.1. The molecule has 1 heterocycles. The van der Waals surface area contributed by atoms with E-state index in [0.29, 0.717) is 0 Å². The second-order valence-electron chi connectivity index (χ2n) is 9.42. The van der Waals surface area contributed by atoms with Gasteiger partial charge in [-0.3, -0.25) is 4.79 Å². The van der Waals surface area contributed by atoms with Gasteiger partial charge >= 0.3 is 12.0 Å². The molecule has 7 nitrogen and oxygen atoms in total. The lowest BCUT2D eigenvalue weighted by molar-refractivity contribution is -0.152. The standard InChI is InChI=1S/C19H33N3O4/c1-17(2,3)13(20-16(26)21-18(4,5)6)14(23)22-9-10-11(19(10,7)8)12(22)15(24)25/h10-13H,9H2,1-8H3,(H,24,25)(H2,20,21,26)/t10-,11-,12-,13+/m0/s1/i7D3,8D3. The molecule has 0 aromatic carbocycles. The largest absolute Gasteiger partial charge is 0.480 e. The quantitative estimate of drug-likeness (QED) is 0.705. The van der Waals surface area contributed by atoms with Gasteiger partial charge in [-0.05, 0) is 37.5 Å². The Kier molecular flexibility index (Phi) is 3.16. The van der Waals surface area contributed by atoms with Gasteiger partial charge in [-0.2, -0.15) is 0 Å². The van der Waals surface area contributed by atoms with Crippen molar-refractivity contribution in [3.63, 3.8) is 0 Å². The molecule has 2 fully saturated rings. The van der Waals surface area contributed by atoms with E-state index in [1.165, 1.54) is 0 Å². The summed E-state index contributed by atoms with van der Waals surface area (Å²) in [5.41, 5.74) is -3.55. The zero-order chi connectivity index (χ0) is 25.2. The predicted molar refractivity (Wildman–Crippen MR) is 98.6 cm³/mol. The summed E-state index contributed by atoms with van der Waals surface area (Å²) in [6.45, 7) is 4.26. The molecule has 26 heavy (non-hydrogen) atoms. The van der Waals surface area contributed by atoms with Crippen molar-refractivity contribution in [1.29, 1.82) is 0 Å². The number of piperidine rings is 1. The minimum atomic E-state index is -2.91. The molecule has 148 valence electrons. The van der Waals surface area contributed by atoms with Gasteiger partial charge in [0.15, 0.2) is 0 Å². The number of aliphatic carboxylic acids is 1. The van der Waals surface area contributed by atoms with Crippen LogP contribution in [0.3, 0.4) is 0 Å². The van der Waals surface area contributed by atoms with E-state index in [-0.39, 0.29) is 6.54 Å².